The van der Waals surface area contributed by atoms with Gasteiger partial charge in [0.2, 0.25) is 0 Å². The number of carbonyl (C=O) groups is 2. The molecule has 0 saturated heterocycles. The Morgan fingerprint density at radius 3 is 1.38 bits per heavy atom. The summed E-state index contributed by atoms with van der Waals surface area (Å²) in [7, 11) is 0. The molecule has 2 amide bonds. The van der Waals surface area contributed by atoms with Crippen molar-refractivity contribution in [2.45, 2.75) is 125 Å². The van der Waals surface area contributed by atoms with Gasteiger partial charge in [0, 0.05) is 0 Å². The third-order valence-electron chi connectivity index (χ3n) is 12.6. The molecule has 4 aromatic rings. The van der Waals surface area contributed by atoms with Gasteiger partial charge in [-0.05, 0) is 0 Å². The van der Waals surface area contributed by atoms with Gasteiger partial charge in [-0.1, -0.05) is 0 Å². The standard InChI is InChI=1S/C44H58N8O2Se2/c45-35(43(53)49-21-23-51-41(39(49)25-31-13-5-1-6-14-31)27-37(47-51)33-17-9-3-10-18-33)29-55-56-30-36(46)44(54)50-22-24-52-42(40(50)26-32-15-7-2-8-16-32)28-38(48-52)34-19-11-4-12-20-34/h3-4,9-12,17-20,27-28,31-32,35-36,39-40H,1-2,5-8,13-16,21-26,29-30,45-46H2/t35-,36?,39?,40?/m0/s1. The van der Waals surface area contributed by atoms with Crippen LogP contribution in [0, 0.1) is 11.8 Å². The number of nitrogens with two attached hydrogens (primary N) is 2. The van der Waals surface area contributed by atoms with Crippen molar-refractivity contribution in [3.8, 4) is 22.5 Å². The Morgan fingerprint density at radius 1 is 0.589 bits per heavy atom. The second-order valence-electron chi connectivity index (χ2n) is 16.4. The average Bonchev–Trinajstić information content (AvgIpc) is 3.89. The fraction of sp³-hybridized carbons (Fsp3) is 0.545. The number of hydrogen-bond acceptors (Lipinski definition) is 6. The molecule has 10 nitrogen and oxygen atoms in total. The van der Waals surface area contributed by atoms with E-state index in [4.69, 9.17) is 21.7 Å². The molecule has 4 heterocycles. The van der Waals surface area contributed by atoms with Gasteiger partial charge in [0.25, 0.3) is 0 Å². The maximum atomic E-state index is 14.2. The molecular formula is C44H58N8O2Se2. The van der Waals surface area contributed by atoms with Crippen LogP contribution in [0.1, 0.15) is 101 Å². The molecule has 12 heteroatoms. The molecule has 56 heavy (non-hydrogen) atoms. The molecule has 0 radical (unpaired) electrons. The van der Waals surface area contributed by atoms with E-state index in [-0.39, 0.29) is 50.2 Å². The second-order valence-corrected chi connectivity index (χ2v) is 24.0. The molecule has 2 saturated carbocycles. The van der Waals surface area contributed by atoms with Gasteiger partial charge in [-0.15, -0.1) is 0 Å². The average molecular weight is 889 g/mol. The number of nitrogens with zero attached hydrogens (tertiary/aromatic N) is 6. The molecule has 298 valence electrons. The van der Waals surface area contributed by atoms with Gasteiger partial charge in [0.05, 0.1) is 0 Å². The molecule has 0 spiro atoms. The van der Waals surface area contributed by atoms with E-state index in [0.717, 1.165) is 46.7 Å². The number of benzene rings is 2. The van der Waals surface area contributed by atoms with Crippen LogP contribution in [0.5, 0.6) is 0 Å². The van der Waals surface area contributed by atoms with E-state index >= 15 is 0 Å². The minimum absolute atomic E-state index is 0.00871. The fourth-order valence-corrected chi connectivity index (χ4v) is 16.5. The Hall–Kier alpha value is -3.24. The van der Waals surface area contributed by atoms with Crippen molar-refractivity contribution in [1.82, 2.24) is 29.4 Å². The van der Waals surface area contributed by atoms with Crippen LogP contribution in [0.15, 0.2) is 72.8 Å². The summed E-state index contributed by atoms with van der Waals surface area (Å²) >= 11 is 0.312. The van der Waals surface area contributed by atoms with Gasteiger partial charge >= 0.3 is 345 Å². The Bertz CT molecular complexity index is 1770. The number of carbonyl (C=O) groups excluding carboxylic acids is 2. The minimum atomic E-state index is -0.540. The van der Waals surface area contributed by atoms with Gasteiger partial charge in [0.1, 0.15) is 0 Å². The van der Waals surface area contributed by atoms with E-state index in [1.165, 1.54) is 64.2 Å². The summed E-state index contributed by atoms with van der Waals surface area (Å²) in [5, 5.41) is 11.3. The molecule has 2 aliphatic heterocycles. The number of aromatic nitrogens is 4. The number of fused-ring (bicyclic) bond motifs is 2. The van der Waals surface area contributed by atoms with Crippen molar-refractivity contribution < 1.29 is 9.59 Å². The van der Waals surface area contributed by atoms with Crippen molar-refractivity contribution in [3.63, 3.8) is 0 Å². The summed E-state index contributed by atoms with van der Waals surface area (Å²) in [5.41, 5.74) is 19.9. The molecule has 4 aliphatic rings. The Kier molecular flexibility index (Phi) is 13.1. The zero-order chi connectivity index (χ0) is 38.4. The molecule has 8 rings (SSSR count). The number of rotatable bonds is 13. The maximum absolute atomic E-state index is 14.2. The van der Waals surface area contributed by atoms with Crippen LogP contribution < -0.4 is 11.5 Å². The molecule has 2 fully saturated rings. The first kappa shape index (κ1) is 39.6. The van der Waals surface area contributed by atoms with E-state index < -0.39 is 12.1 Å². The van der Waals surface area contributed by atoms with E-state index in [2.05, 4.69) is 55.6 Å². The summed E-state index contributed by atoms with van der Waals surface area (Å²) in [6.07, 6.45) is 14.6. The molecule has 4 N–H and O–H groups in total. The third kappa shape index (κ3) is 9.06. The van der Waals surface area contributed by atoms with E-state index in [1.54, 1.807) is 0 Å². The first-order chi connectivity index (χ1) is 27.4. The van der Waals surface area contributed by atoms with Crippen molar-refractivity contribution in [1.29, 1.82) is 0 Å². The zero-order valence-electron chi connectivity index (χ0n) is 32.6. The van der Waals surface area contributed by atoms with Crippen LogP contribution in [0.25, 0.3) is 22.5 Å². The van der Waals surface area contributed by atoms with Crippen molar-refractivity contribution in [3.05, 3.63) is 84.2 Å². The molecule has 2 aromatic carbocycles. The van der Waals surface area contributed by atoms with Crippen molar-refractivity contribution in [2.24, 2.45) is 23.3 Å². The third-order valence-corrected chi connectivity index (χ3v) is 19.9. The molecule has 2 aromatic heterocycles. The topological polar surface area (TPSA) is 128 Å². The quantitative estimate of drug-likeness (QED) is 0.115. The van der Waals surface area contributed by atoms with Gasteiger partial charge < -0.3 is 0 Å². The Labute approximate surface area is 343 Å². The number of amides is 2. The van der Waals surface area contributed by atoms with Crippen molar-refractivity contribution in [2.75, 3.05) is 13.1 Å². The van der Waals surface area contributed by atoms with Crippen LogP contribution >= 0.6 is 0 Å². The zero-order valence-corrected chi connectivity index (χ0v) is 36.0. The summed E-state index contributed by atoms with van der Waals surface area (Å²) in [6.45, 7) is 2.63. The summed E-state index contributed by atoms with van der Waals surface area (Å²) in [6, 6.07) is 24.0. The Balaban J connectivity index is 0.891. The van der Waals surface area contributed by atoms with Crippen LogP contribution in [0.2, 0.25) is 10.6 Å². The van der Waals surface area contributed by atoms with E-state index in [0.29, 0.717) is 48.7 Å². The molecule has 2 aliphatic carbocycles. The SMILES string of the molecule is NC(C[Se][Se]C[C@H](N)C(=O)N1CCn2nc(-c3ccccc3)cc2C1CC1CCCCC1)C(=O)N1CCn2nc(-c3ccccc3)cc2C1CC1CCCCC1. The van der Waals surface area contributed by atoms with Crippen molar-refractivity contribution >= 4 is 38.1 Å². The summed E-state index contributed by atoms with van der Waals surface area (Å²) in [4.78, 5) is 32.5. The van der Waals surface area contributed by atoms with Gasteiger partial charge in [-0.3, -0.25) is 0 Å². The fourth-order valence-electron chi connectivity index (χ4n) is 9.61. The van der Waals surface area contributed by atoms with Gasteiger partial charge in [-0.25, -0.2) is 0 Å². The molecule has 3 unspecified atom stereocenters. The predicted octanol–water partition coefficient (Wildman–Crippen LogP) is 6.64. The first-order valence-electron chi connectivity index (χ1n) is 21.1. The molecular weight excluding hydrogens is 830 g/mol. The monoisotopic (exact) mass is 890 g/mol. The van der Waals surface area contributed by atoms with E-state index in [9.17, 15) is 9.59 Å². The molecule has 0 bridgehead atoms. The van der Waals surface area contributed by atoms with Crippen LogP contribution in [-0.2, 0) is 22.7 Å². The van der Waals surface area contributed by atoms with Gasteiger partial charge in [0.15, 0.2) is 0 Å². The summed E-state index contributed by atoms with van der Waals surface area (Å²) < 4.78 is 4.27. The Morgan fingerprint density at radius 2 is 0.982 bits per heavy atom. The normalized spacial score (nSPS) is 21.7. The second kappa shape index (κ2) is 18.6. The van der Waals surface area contributed by atoms with Crippen LogP contribution in [0.4, 0.5) is 0 Å². The van der Waals surface area contributed by atoms with E-state index in [1.807, 2.05) is 36.4 Å². The number of hydrogen-bond donors (Lipinski definition) is 2. The first-order valence-corrected chi connectivity index (χ1v) is 27.8. The predicted molar refractivity (Wildman–Crippen MR) is 224 cm³/mol. The van der Waals surface area contributed by atoms with Crippen LogP contribution in [0.3, 0.4) is 0 Å². The summed E-state index contributed by atoms with van der Waals surface area (Å²) in [5.74, 6) is 1.34. The van der Waals surface area contributed by atoms with Crippen LogP contribution in [-0.4, -0.2) is 92.6 Å². The van der Waals surface area contributed by atoms with Gasteiger partial charge in [-0.2, -0.15) is 0 Å². The molecule has 4 atom stereocenters.